The number of nitrogens with one attached hydrogen (secondary N) is 1. The Bertz CT molecular complexity index is 125. The minimum Gasteiger partial charge on any atom is -0.316 e. The van der Waals surface area contributed by atoms with Crippen molar-refractivity contribution in [3.8, 4) is 0 Å². The predicted octanol–water partition coefficient (Wildman–Crippen LogP) is 1.52. The smallest absolute Gasteiger partial charge is 0.101 e. The van der Waals surface area contributed by atoms with Gasteiger partial charge in [0, 0.05) is 13.1 Å². The summed E-state index contributed by atoms with van der Waals surface area (Å²) in [4.78, 5) is 0. The molecule has 60 valence electrons. The monoisotopic (exact) mass is 165 g/mol. The Kier molecular flexibility index (Phi) is 2.21. The van der Waals surface area contributed by atoms with Crippen molar-refractivity contribution >= 4 is 12.4 Å². The van der Waals surface area contributed by atoms with Gasteiger partial charge < -0.3 is 5.32 Å². The van der Waals surface area contributed by atoms with Crippen LogP contribution in [-0.2, 0) is 0 Å². The Balaban J connectivity index is 0.000000500. The second-order valence-corrected chi connectivity index (χ2v) is 3.44. The molecule has 0 aromatic heterocycles. The van der Waals surface area contributed by atoms with Gasteiger partial charge in [-0.15, -0.1) is 12.4 Å². The van der Waals surface area contributed by atoms with E-state index in [0.29, 0.717) is 5.41 Å². The highest BCUT2D eigenvalue weighted by Gasteiger charge is 2.43. The fourth-order valence-electron chi connectivity index (χ4n) is 1.94. The molecule has 1 heterocycles. The zero-order chi connectivity index (χ0) is 6.32. The van der Waals surface area contributed by atoms with Crippen LogP contribution < -0.4 is 5.32 Å². The molecule has 1 saturated carbocycles. The van der Waals surface area contributed by atoms with Crippen LogP contribution in [0.2, 0.25) is 0 Å². The molecule has 1 atom stereocenters. The first-order valence-corrected chi connectivity index (χ1v) is 3.66. The molecular weight excluding hydrogens is 153 g/mol. The van der Waals surface area contributed by atoms with Crippen LogP contribution in [0, 0.1) is 5.41 Å². The lowest BCUT2D eigenvalue weighted by Crippen LogP contribution is -2.51. The topological polar surface area (TPSA) is 12.0 Å². The van der Waals surface area contributed by atoms with Crippen LogP contribution in [0.25, 0.3) is 0 Å². The first-order valence-electron chi connectivity index (χ1n) is 3.66. The minimum atomic E-state index is -0.493. The van der Waals surface area contributed by atoms with E-state index in [1.807, 2.05) is 0 Å². The Morgan fingerprint density at radius 1 is 1.40 bits per heavy atom. The second kappa shape index (κ2) is 2.67. The average Bonchev–Trinajstić information content (AvgIpc) is 2.09. The van der Waals surface area contributed by atoms with Crippen LogP contribution in [0.5, 0.6) is 0 Å². The van der Waals surface area contributed by atoms with Crippen molar-refractivity contribution in [3.05, 3.63) is 0 Å². The number of hydrogen-bond donors (Lipinski definition) is 1. The number of rotatable bonds is 0. The van der Waals surface area contributed by atoms with E-state index in [0.717, 1.165) is 32.4 Å². The first kappa shape index (κ1) is 8.28. The van der Waals surface area contributed by atoms with Crippen LogP contribution >= 0.6 is 12.4 Å². The average molecular weight is 166 g/mol. The summed E-state index contributed by atoms with van der Waals surface area (Å²) in [5.74, 6) is 0. The van der Waals surface area contributed by atoms with Gasteiger partial charge in [0.05, 0.1) is 0 Å². The third-order valence-corrected chi connectivity index (χ3v) is 2.64. The van der Waals surface area contributed by atoms with Crippen LogP contribution in [0.15, 0.2) is 0 Å². The van der Waals surface area contributed by atoms with E-state index in [2.05, 4.69) is 5.32 Å². The standard InChI is InChI=1S/C7H12FN.ClH/c8-6-1-2-7(3-6)4-9-5-7;/h6,9H,1-5H2;1H. The molecule has 1 aliphatic heterocycles. The molecule has 0 aromatic rings. The van der Waals surface area contributed by atoms with Crippen molar-refractivity contribution < 1.29 is 4.39 Å². The van der Waals surface area contributed by atoms with Crippen LogP contribution in [0.3, 0.4) is 0 Å². The Morgan fingerprint density at radius 3 is 2.30 bits per heavy atom. The van der Waals surface area contributed by atoms with E-state index in [1.165, 1.54) is 0 Å². The van der Waals surface area contributed by atoms with Gasteiger partial charge in [-0.3, -0.25) is 0 Å². The molecular formula is C7H13ClFN. The molecule has 1 aliphatic carbocycles. The largest absolute Gasteiger partial charge is 0.316 e. The quantitative estimate of drug-likeness (QED) is 0.574. The SMILES string of the molecule is Cl.FC1CCC2(CNC2)C1. The van der Waals surface area contributed by atoms with Crippen LogP contribution in [-0.4, -0.2) is 19.3 Å². The minimum absolute atomic E-state index is 0. The van der Waals surface area contributed by atoms with Gasteiger partial charge in [0.1, 0.15) is 6.17 Å². The summed E-state index contributed by atoms with van der Waals surface area (Å²) < 4.78 is 12.6. The van der Waals surface area contributed by atoms with Gasteiger partial charge in [0.15, 0.2) is 0 Å². The summed E-state index contributed by atoms with van der Waals surface area (Å²) in [6.45, 7) is 2.13. The van der Waals surface area contributed by atoms with Gasteiger partial charge in [0.25, 0.3) is 0 Å². The normalized spacial score (nSPS) is 35.1. The van der Waals surface area contributed by atoms with Crippen molar-refractivity contribution in [2.24, 2.45) is 5.41 Å². The summed E-state index contributed by atoms with van der Waals surface area (Å²) in [5, 5.41) is 3.20. The zero-order valence-corrected chi connectivity index (χ0v) is 6.72. The molecule has 1 nitrogen and oxygen atoms in total. The Hall–Kier alpha value is 0.180. The van der Waals surface area contributed by atoms with E-state index in [9.17, 15) is 4.39 Å². The molecule has 3 heteroatoms. The van der Waals surface area contributed by atoms with Crippen molar-refractivity contribution in [1.82, 2.24) is 5.32 Å². The van der Waals surface area contributed by atoms with Gasteiger partial charge >= 0.3 is 0 Å². The van der Waals surface area contributed by atoms with Crippen molar-refractivity contribution in [2.45, 2.75) is 25.4 Å². The van der Waals surface area contributed by atoms with Gasteiger partial charge in [0.2, 0.25) is 0 Å². The Morgan fingerprint density at radius 2 is 2.10 bits per heavy atom. The molecule has 0 aromatic carbocycles. The maximum absolute atomic E-state index is 12.6. The Labute approximate surface area is 66.8 Å². The molecule has 0 bridgehead atoms. The van der Waals surface area contributed by atoms with E-state index >= 15 is 0 Å². The number of halogens is 2. The highest BCUT2D eigenvalue weighted by atomic mass is 35.5. The molecule has 1 saturated heterocycles. The van der Waals surface area contributed by atoms with E-state index < -0.39 is 6.17 Å². The van der Waals surface area contributed by atoms with Gasteiger partial charge in [-0.2, -0.15) is 0 Å². The number of hydrogen-bond acceptors (Lipinski definition) is 1. The van der Waals surface area contributed by atoms with E-state index in [4.69, 9.17) is 0 Å². The highest BCUT2D eigenvalue weighted by Crippen LogP contribution is 2.42. The summed E-state index contributed by atoms with van der Waals surface area (Å²) in [7, 11) is 0. The van der Waals surface area contributed by atoms with Gasteiger partial charge in [-0.05, 0) is 24.7 Å². The lowest BCUT2D eigenvalue weighted by atomic mass is 9.80. The molecule has 1 spiro atoms. The van der Waals surface area contributed by atoms with Gasteiger partial charge in [-0.1, -0.05) is 0 Å². The maximum atomic E-state index is 12.6. The molecule has 2 rings (SSSR count). The third-order valence-electron chi connectivity index (χ3n) is 2.64. The molecule has 10 heavy (non-hydrogen) atoms. The lowest BCUT2D eigenvalue weighted by Gasteiger charge is -2.39. The van der Waals surface area contributed by atoms with Crippen molar-refractivity contribution in [1.29, 1.82) is 0 Å². The fourth-order valence-corrected chi connectivity index (χ4v) is 1.94. The molecule has 0 amide bonds. The fraction of sp³-hybridized carbons (Fsp3) is 1.00. The second-order valence-electron chi connectivity index (χ2n) is 3.44. The van der Waals surface area contributed by atoms with E-state index in [1.54, 1.807) is 0 Å². The molecule has 1 N–H and O–H groups in total. The summed E-state index contributed by atoms with van der Waals surface area (Å²) in [5.41, 5.74) is 0.402. The van der Waals surface area contributed by atoms with E-state index in [-0.39, 0.29) is 12.4 Å². The molecule has 1 unspecified atom stereocenters. The van der Waals surface area contributed by atoms with Crippen molar-refractivity contribution in [3.63, 3.8) is 0 Å². The number of alkyl halides is 1. The maximum Gasteiger partial charge on any atom is 0.101 e. The van der Waals surface area contributed by atoms with Crippen LogP contribution in [0.1, 0.15) is 19.3 Å². The first-order chi connectivity index (χ1) is 4.31. The zero-order valence-electron chi connectivity index (χ0n) is 5.90. The molecule has 0 radical (unpaired) electrons. The van der Waals surface area contributed by atoms with Crippen LogP contribution in [0.4, 0.5) is 4.39 Å². The van der Waals surface area contributed by atoms with Crippen molar-refractivity contribution in [2.75, 3.05) is 13.1 Å². The molecule has 2 aliphatic rings. The predicted molar refractivity (Wildman–Crippen MR) is 41.3 cm³/mol. The summed E-state index contributed by atoms with van der Waals surface area (Å²) >= 11 is 0. The summed E-state index contributed by atoms with van der Waals surface area (Å²) in [6.07, 6.45) is 2.25. The lowest BCUT2D eigenvalue weighted by molar-refractivity contribution is 0.162. The van der Waals surface area contributed by atoms with Gasteiger partial charge in [-0.25, -0.2) is 4.39 Å². The molecule has 2 fully saturated rings. The highest BCUT2D eigenvalue weighted by molar-refractivity contribution is 5.85. The summed E-state index contributed by atoms with van der Waals surface area (Å²) in [6, 6.07) is 0. The third kappa shape index (κ3) is 1.15.